The number of methoxy groups -OCH3 is 1. The van der Waals surface area contributed by atoms with Crippen LogP contribution in [-0.4, -0.2) is 29.4 Å². The third kappa shape index (κ3) is 3.84. The van der Waals surface area contributed by atoms with Crippen molar-refractivity contribution < 1.29 is 9.53 Å². The van der Waals surface area contributed by atoms with E-state index in [1.807, 2.05) is 5.38 Å². The van der Waals surface area contributed by atoms with Crippen LogP contribution in [-0.2, 0) is 9.53 Å². The molecule has 1 aromatic rings. The zero-order valence-corrected chi connectivity index (χ0v) is 11.7. The fourth-order valence-corrected chi connectivity index (χ4v) is 2.44. The first-order valence-electron chi connectivity index (χ1n) is 5.03. The maximum atomic E-state index is 11.2. The average molecular weight is 307 g/mol. The number of rotatable bonds is 6. The van der Waals surface area contributed by atoms with Gasteiger partial charge >= 0.3 is 5.97 Å². The summed E-state index contributed by atoms with van der Waals surface area (Å²) in [6.45, 7) is 2.62. The Bertz CT molecular complexity index is 319. The Morgan fingerprint density at radius 3 is 3.00 bits per heavy atom. The van der Waals surface area contributed by atoms with Gasteiger partial charge in [0, 0.05) is 18.1 Å². The number of nitrogens with zero attached hydrogens (tertiary/aromatic N) is 1. The van der Waals surface area contributed by atoms with Gasteiger partial charge in [0.25, 0.3) is 0 Å². The van der Waals surface area contributed by atoms with E-state index in [9.17, 15) is 4.79 Å². The van der Waals surface area contributed by atoms with Gasteiger partial charge in [-0.1, -0.05) is 22.9 Å². The number of thiazole rings is 1. The summed E-state index contributed by atoms with van der Waals surface area (Å²) in [5.41, 5.74) is 0. The van der Waals surface area contributed by atoms with Crippen LogP contribution >= 0.6 is 27.3 Å². The maximum absolute atomic E-state index is 11.2. The molecule has 0 saturated carbocycles. The number of ether oxygens (including phenoxy) is 1. The molecule has 0 aliphatic carbocycles. The van der Waals surface area contributed by atoms with Crippen LogP contribution in [0.4, 0.5) is 0 Å². The molecule has 1 aromatic heterocycles. The molecular weight excluding hydrogens is 292 g/mol. The van der Waals surface area contributed by atoms with Crippen LogP contribution in [0.25, 0.3) is 0 Å². The van der Waals surface area contributed by atoms with Gasteiger partial charge in [0.1, 0.15) is 9.83 Å². The number of hydrogen-bond acceptors (Lipinski definition) is 5. The van der Waals surface area contributed by atoms with Crippen molar-refractivity contribution in [2.24, 2.45) is 0 Å². The van der Waals surface area contributed by atoms with Gasteiger partial charge in [0.05, 0.1) is 13.2 Å². The maximum Gasteiger partial charge on any atom is 0.320 e. The number of halogens is 1. The van der Waals surface area contributed by atoms with Crippen molar-refractivity contribution in [3.05, 3.63) is 16.6 Å². The molecule has 0 aromatic carbocycles. The normalized spacial score (nSPS) is 14.4. The molecule has 1 heterocycles. The Balaban J connectivity index is 2.43. The third-order valence-electron chi connectivity index (χ3n) is 2.16. The summed E-state index contributed by atoms with van der Waals surface area (Å²) in [6.07, 6.45) is 2.73. The van der Waals surface area contributed by atoms with Crippen LogP contribution in [0.2, 0.25) is 0 Å². The topological polar surface area (TPSA) is 51.2 Å². The second-order valence-corrected chi connectivity index (χ2v) is 5.26. The summed E-state index contributed by atoms with van der Waals surface area (Å²) in [6, 6.07) is 0.199. The van der Waals surface area contributed by atoms with Crippen molar-refractivity contribution in [2.75, 3.05) is 13.7 Å². The molecule has 0 bridgehead atoms. The lowest BCUT2D eigenvalue weighted by Crippen LogP contribution is -2.32. The molecule has 0 amide bonds. The molecule has 0 spiro atoms. The highest BCUT2D eigenvalue weighted by Crippen LogP contribution is 2.18. The molecule has 0 aliphatic heterocycles. The van der Waals surface area contributed by atoms with E-state index in [1.165, 1.54) is 7.11 Å². The second kappa shape index (κ2) is 6.98. The van der Waals surface area contributed by atoms with Crippen molar-refractivity contribution in [2.45, 2.75) is 24.2 Å². The van der Waals surface area contributed by atoms with E-state index < -0.39 is 0 Å². The van der Waals surface area contributed by atoms with Crippen molar-refractivity contribution in [1.82, 2.24) is 10.3 Å². The minimum absolute atomic E-state index is 0.199. The summed E-state index contributed by atoms with van der Waals surface area (Å²) < 4.78 is 4.63. The Kier molecular flexibility index (Phi) is 5.94. The van der Waals surface area contributed by atoms with Crippen molar-refractivity contribution in [3.63, 3.8) is 0 Å². The van der Waals surface area contributed by atoms with Gasteiger partial charge < -0.3 is 10.1 Å². The highest BCUT2D eigenvalue weighted by Gasteiger charge is 2.18. The van der Waals surface area contributed by atoms with E-state index in [0.29, 0.717) is 6.54 Å². The summed E-state index contributed by atoms with van der Waals surface area (Å²) in [5, 5.41) is 6.29. The van der Waals surface area contributed by atoms with E-state index in [1.54, 1.807) is 17.5 Å². The summed E-state index contributed by atoms with van der Waals surface area (Å²) in [5.74, 6) is -0.263. The number of carbonyl (C=O) groups is 1. The molecule has 2 atom stereocenters. The third-order valence-corrected chi connectivity index (χ3v) is 3.74. The number of esters is 1. The van der Waals surface area contributed by atoms with Crippen molar-refractivity contribution >= 4 is 33.2 Å². The molecule has 0 aliphatic rings. The van der Waals surface area contributed by atoms with E-state index in [4.69, 9.17) is 0 Å². The quantitative estimate of drug-likeness (QED) is 0.646. The lowest BCUT2D eigenvalue weighted by molar-refractivity contribution is -0.139. The van der Waals surface area contributed by atoms with Crippen LogP contribution in [0.3, 0.4) is 0 Å². The monoisotopic (exact) mass is 306 g/mol. The zero-order valence-electron chi connectivity index (χ0n) is 9.27. The van der Waals surface area contributed by atoms with E-state index in [0.717, 1.165) is 11.4 Å². The standard InChI is InChI=1S/C10H15BrN2O2S/c1-3-8(9-12-4-5-16-9)13-6-7(11)10(14)15-2/h4-5,7-8,13H,3,6H2,1-2H3. The Morgan fingerprint density at radius 2 is 2.50 bits per heavy atom. The average Bonchev–Trinajstić information content (AvgIpc) is 2.82. The first-order valence-corrected chi connectivity index (χ1v) is 6.83. The molecule has 6 heteroatoms. The van der Waals surface area contributed by atoms with E-state index >= 15 is 0 Å². The largest absolute Gasteiger partial charge is 0.468 e. The lowest BCUT2D eigenvalue weighted by Gasteiger charge is -2.16. The first kappa shape index (κ1) is 13.6. The van der Waals surface area contributed by atoms with Gasteiger partial charge in [-0.25, -0.2) is 4.98 Å². The summed E-state index contributed by atoms with van der Waals surface area (Å²) >= 11 is 4.89. The van der Waals surface area contributed by atoms with Gasteiger partial charge in [-0.3, -0.25) is 4.79 Å². The summed E-state index contributed by atoms with van der Waals surface area (Å²) in [7, 11) is 1.38. The number of carbonyl (C=O) groups excluding carboxylic acids is 1. The Morgan fingerprint density at radius 1 is 1.75 bits per heavy atom. The number of hydrogen-bond donors (Lipinski definition) is 1. The molecule has 0 saturated heterocycles. The SMILES string of the molecule is CCC(NCC(Br)C(=O)OC)c1nccs1. The predicted molar refractivity (Wildman–Crippen MR) is 67.9 cm³/mol. The van der Waals surface area contributed by atoms with Crippen LogP contribution in [0.15, 0.2) is 11.6 Å². The number of nitrogens with one attached hydrogen (secondary N) is 1. The minimum atomic E-state index is -0.313. The molecule has 90 valence electrons. The molecule has 0 fully saturated rings. The lowest BCUT2D eigenvalue weighted by atomic mass is 10.2. The van der Waals surface area contributed by atoms with E-state index in [-0.39, 0.29) is 16.8 Å². The Labute approximate surface area is 108 Å². The fourth-order valence-electron chi connectivity index (χ4n) is 1.27. The van der Waals surface area contributed by atoms with Gasteiger partial charge in [0.2, 0.25) is 0 Å². The fraction of sp³-hybridized carbons (Fsp3) is 0.600. The highest BCUT2D eigenvalue weighted by atomic mass is 79.9. The second-order valence-electron chi connectivity index (χ2n) is 3.23. The van der Waals surface area contributed by atoms with Crippen molar-refractivity contribution in [1.29, 1.82) is 0 Å². The van der Waals surface area contributed by atoms with Crippen LogP contribution in [0.1, 0.15) is 24.4 Å². The van der Waals surface area contributed by atoms with E-state index in [2.05, 4.69) is 37.9 Å². The molecule has 0 radical (unpaired) electrons. The van der Waals surface area contributed by atoms with Crippen LogP contribution < -0.4 is 5.32 Å². The van der Waals surface area contributed by atoms with Gasteiger partial charge in [-0.05, 0) is 6.42 Å². The van der Waals surface area contributed by atoms with Crippen molar-refractivity contribution in [3.8, 4) is 0 Å². The minimum Gasteiger partial charge on any atom is -0.468 e. The molecule has 1 N–H and O–H groups in total. The molecule has 16 heavy (non-hydrogen) atoms. The van der Waals surface area contributed by atoms with Crippen LogP contribution in [0.5, 0.6) is 0 Å². The first-order chi connectivity index (χ1) is 7.69. The molecule has 1 rings (SSSR count). The molecular formula is C10H15BrN2O2S. The molecule has 4 nitrogen and oxygen atoms in total. The Hall–Kier alpha value is -0.460. The smallest absolute Gasteiger partial charge is 0.320 e. The summed E-state index contributed by atoms with van der Waals surface area (Å²) in [4.78, 5) is 15.1. The van der Waals surface area contributed by atoms with Gasteiger partial charge in [-0.2, -0.15) is 0 Å². The molecule has 2 unspecified atom stereocenters. The number of aromatic nitrogens is 1. The predicted octanol–water partition coefficient (Wildman–Crippen LogP) is 2.12. The number of alkyl halides is 1. The highest BCUT2D eigenvalue weighted by molar-refractivity contribution is 9.10. The zero-order chi connectivity index (χ0) is 12.0. The van der Waals surface area contributed by atoms with Crippen LogP contribution in [0, 0.1) is 0 Å². The van der Waals surface area contributed by atoms with Gasteiger partial charge in [0.15, 0.2) is 0 Å². The van der Waals surface area contributed by atoms with Gasteiger partial charge in [-0.15, -0.1) is 11.3 Å².